The standard InChI is InChI=1S/C18H23N3O2S/c1-13-8-9-16(14(2)11-13)19-12-18(23)21-20-17(22)7-3-5-15-6-4-10-24-15/h4,6,8-11,19H,3,5,7,12H2,1-2H3,(H,20,22)(H,21,23). The number of hydrogen-bond donors (Lipinski definition) is 3. The molecule has 2 rings (SSSR count). The molecule has 0 spiro atoms. The summed E-state index contributed by atoms with van der Waals surface area (Å²) in [7, 11) is 0. The molecular weight excluding hydrogens is 322 g/mol. The van der Waals surface area contributed by atoms with Crippen LogP contribution in [-0.2, 0) is 16.0 Å². The van der Waals surface area contributed by atoms with E-state index < -0.39 is 0 Å². The molecule has 5 nitrogen and oxygen atoms in total. The van der Waals surface area contributed by atoms with Gasteiger partial charge in [0.25, 0.3) is 5.91 Å². The first-order chi connectivity index (χ1) is 11.5. The highest BCUT2D eigenvalue weighted by atomic mass is 32.1. The normalized spacial score (nSPS) is 10.2. The zero-order valence-electron chi connectivity index (χ0n) is 14.0. The Hall–Kier alpha value is -2.34. The summed E-state index contributed by atoms with van der Waals surface area (Å²) in [6, 6.07) is 10.0. The van der Waals surface area contributed by atoms with Gasteiger partial charge < -0.3 is 5.32 Å². The number of carbonyl (C=O) groups excluding carboxylic acids is 2. The van der Waals surface area contributed by atoms with Gasteiger partial charge in [-0.25, -0.2) is 0 Å². The lowest BCUT2D eigenvalue weighted by Crippen LogP contribution is -2.44. The fourth-order valence-electron chi connectivity index (χ4n) is 2.31. The van der Waals surface area contributed by atoms with Gasteiger partial charge in [0.2, 0.25) is 5.91 Å². The highest BCUT2D eigenvalue weighted by molar-refractivity contribution is 7.09. The van der Waals surface area contributed by atoms with Crippen molar-refractivity contribution in [2.45, 2.75) is 33.1 Å². The second-order valence-corrected chi connectivity index (χ2v) is 6.73. The van der Waals surface area contributed by atoms with Crippen LogP contribution in [0.15, 0.2) is 35.7 Å². The van der Waals surface area contributed by atoms with Crippen molar-refractivity contribution in [3.8, 4) is 0 Å². The molecule has 2 amide bonds. The van der Waals surface area contributed by atoms with Crippen molar-refractivity contribution in [3.05, 3.63) is 51.7 Å². The number of amides is 2. The lowest BCUT2D eigenvalue weighted by atomic mass is 10.1. The molecule has 0 aliphatic heterocycles. The monoisotopic (exact) mass is 345 g/mol. The van der Waals surface area contributed by atoms with Crippen LogP contribution in [0.5, 0.6) is 0 Å². The molecule has 0 saturated heterocycles. The fourth-order valence-corrected chi connectivity index (χ4v) is 3.06. The molecule has 128 valence electrons. The number of carbonyl (C=O) groups is 2. The Labute approximate surface area is 146 Å². The van der Waals surface area contributed by atoms with Crippen LogP contribution in [0.4, 0.5) is 5.69 Å². The molecule has 1 heterocycles. The molecule has 1 aromatic carbocycles. The predicted octanol–water partition coefficient (Wildman–Crippen LogP) is 2.95. The van der Waals surface area contributed by atoms with Gasteiger partial charge in [0, 0.05) is 17.0 Å². The van der Waals surface area contributed by atoms with Crippen molar-refractivity contribution in [1.29, 1.82) is 0 Å². The van der Waals surface area contributed by atoms with Crippen LogP contribution in [-0.4, -0.2) is 18.4 Å². The Bertz CT molecular complexity index is 684. The number of nitrogens with one attached hydrogen (secondary N) is 3. The van der Waals surface area contributed by atoms with E-state index in [-0.39, 0.29) is 18.4 Å². The van der Waals surface area contributed by atoms with Crippen molar-refractivity contribution < 1.29 is 9.59 Å². The van der Waals surface area contributed by atoms with Gasteiger partial charge in [-0.3, -0.25) is 20.4 Å². The van der Waals surface area contributed by atoms with Gasteiger partial charge in [-0.1, -0.05) is 23.8 Å². The third kappa shape index (κ3) is 6.04. The number of thiophene rings is 1. The van der Waals surface area contributed by atoms with Crippen LogP contribution in [0.1, 0.15) is 28.8 Å². The molecule has 0 saturated carbocycles. The first kappa shape index (κ1) is 18.0. The average molecular weight is 345 g/mol. The maximum Gasteiger partial charge on any atom is 0.257 e. The van der Waals surface area contributed by atoms with E-state index in [1.54, 1.807) is 11.3 Å². The molecule has 0 aliphatic carbocycles. The van der Waals surface area contributed by atoms with Gasteiger partial charge in [-0.05, 0) is 49.8 Å². The Morgan fingerprint density at radius 3 is 2.58 bits per heavy atom. The van der Waals surface area contributed by atoms with E-state index in [9.17, 15) is 9.59 Å². The fraction of sp³-hybridized carbons (Fsp3) is 0.333. The summed E-state index contributed by atoms with van der Waals surface area (Å²) in [5.74, 6) is -0.451. The second kappa shape index (κ2) is 9.08. The summed E-state index contributed by atoms with van der Waals surface area (Å²) in [4.78, 5) is 24.7. The predicted molar refractivity (Wildman–Crippen MR) is 97.9 cm³/mol. The van der Waals surface area contributed by atoms with Crippen LogP contribution in [0, 0.1) is 13.8 Å². The molecule has 1 aromatic heterocycles. The first-order valence-corrected chi connectivity index (χ1v) is 8.84. The Kier molecular flexibility index (Phi) is 6.81. The minimum atomic E-state index is -0.276. The summed E-state index contributed by atoms with van der Waals surface area (Å²) >= 11 is 1.69. The van der Waals surface area contributed by atoms with Gasteiger partial charge >= 0.3 is 0 Å². The molecule has 0 fully saturated rings. The van der Waals surface area contributed by atoms with Gasteiger partial charge in [-0.15, -0.1) is 11.3 Å². The van der Waals surface area contributed by atoms with Crippen molar-refractivity contribution in [3.63, 3.8) is 0 Å². The molecule has 6 heteroatoms. The largest absolute Gasteiger partial charge is 0.376 e. The average Bonchev–Trinajstić information content (AvgIpc) is 3.05. The van der Waals surface area contributed by atoms with Crippen LogP contribution >= 0.6 is 11.3 Å². The summed E-state index contributed by atoms with van der Waals surface area (Å²) in [6.45, 7) is 4.12. The second-order valence-electron chi connectivity index (χ2n) is 5.70. The number of aryl methyl sites for hydroxylation is 3. The SMILES string of the molecule is Cc1ccc(NCC(=O)NNC(=O)CCCc2cccs2)c(C)c1. The third-order valence-electron chi connectivity index (χ3n) is 3.57. The molecule has 0 radical (unpaired) electrons. The molecule has 2 aromatic rings. The van der Waals surface area contributed by atoms with E-state index in [1.165, 1.54) is 10.4 Å². The zero-order chi connectivity index (χ0) is 17.4. The maximum absolute atomic E-state index is 11.8. The zero-order valence-corrected chi connectivity index (χ0v) is 14.8. The Morgan fingerprint density at radius 2 is 1.88 bits per heavy atom. The van der Waals surface area contributed by atoms with Crippen molar-refractivity contribution in [2.24, 2.45) is 0 Å². The van der Waals surface area contributed by atoms with E-state index in [0.29, 0.717) is 6.42 Å². The van der Waals surface area contributed by atoms with Crippen molar-refractivity contribution in [2.75, 3.05) is 11.9 Å². The Balaban J connectivity index is 1.62. The Morgan fingerprint density at radius 1 is 1.08 bits per heavy atom. The van der Waals surface area contributed by atoms with Crippen LogP contribution in [0.2, 0.25) is 0 Å². The maximum atomic E-state index is 11.8. The summed E-state index contributed by atoms with van der Waals surface area (Å²) in [5, 5.41) is 5.09. The molecule has 24 heavy (non-hydrogen) atoms. The van der Waals surface area contributed by atoms with Gasteiger partial charge in [-0.2, -0.15) is 0 Å². The number of rotatable bonds is 7. The van der Waals surface area contributed by atoms with E-state index in [2.05, 4.69) is 28.3 Å². The molecule has 0 unspecified atom stereocenters. The van der Waals surface area contributed by atoms with Gasteiger partial charge in [0.1, 0.15) is 0 Å². The van der Waals surface area contributed by atoms with E-state index >= 15 is 0 Å². The van der Waals surface area contributed by atoms with E-state index in [0.717, 1.165) is 24.1 Å². The van der Waals surface area contributed by atoms with E-state index in [4.69, 9.17) is 0 Å². The van der Waals surface area contributed by atoms with Gasteiger partial charge in [0.15, 0.2) is 0 Å². The molecule has 0 aliphatic rings. The number of anilines is 1. The third-order valence-corrected chi connectivity index (χ3v) is 4.51. The first-order valence-electron chi connectivity index (χ1n) is 7.96. The van der Waals surface area contributed by atoms with Crippen molar-refractivity contribution in [1.82, 2.24) is 10.9 Å². The molecule has 0 bridgehead atoms. The smallest absolute Gasteiger partial charge is 0.257 e. The highest BCUT2D eigenvalue weighted by Crippen LogP contribution is 2.15. The lowest BCUT2D eigenvalue weighted by Gasteiger charge is -2.11. The summed E-state index contributed by atoms with van der Waals surface area (Å²) in [5.41, 5.74) is 8.05. The number of hydrazine groups is 1. The minimum Gasteiger partial charge on any atom is -0.376 e. The molecular formula is C18H23N3O2S. The summed E-state index contributed by atoms with van der Waals surface area (Å²) in [6.07, 6.45) is 2.04. The van der Waals surface area contributed by atoms with Crippen LogP contribution in [0.25, 0.3) is 0 Å². The molecule has 3 N–H and O–H groups in total. The quantitative estimate of drug-likeness (QED) is 0.676. The van der Waals surface area contributed by atoms with Crippen LogP contribution < -0.4 is 16.2 Å². The summed E-state index contributed by atoms with van der Waals surface area (Å²) < 4.78 is 0. The highest BCUT2D eigenvalue weighted by Gasteiger charge is 2.06. The topological polar surface area (TPSA) is 70.2 Å². The van der Waals surface area contributed by atoms with Crippen LogP contribution in [0.3, 0.4) is 0 Å². The molecule has 0 atom stereocenters. The number of benzene rings is 1. The number of hydrogen-bond acceptors (Lipinski definition) is 4. The lowest BCUT2D eigenvalue weighted by molar-refractivity contribution is -0.128. The minimum absolute atomic E-state index is 0.110. The van der Waals surface area contributed by atoms with Gasteiger partial charge in [0.05, 0.1) is 6.54 Å². The van der Waals surface area contributed by atoms with Crippen molar-refractivity contribution >= 4 is 28.8 Å². The van der Waals surface area contributed by atoms with E-state index in [1.807, 2.05) is 37.4 Å².